The van der Waals surface area contributed by atoms with Crippen LogP contribution in [-0.2, 0) is 6.42 Å². The highest BCUT2D eigenvalue weighted by molar-refractivity contribution is 5.74. The monoisotopic (exact) mass is 502 g/mol. The first-order valence-electron chi connectivity index (χ1n) is 13.7. The van der Waals surface area contributed by atoms with Gasteiger partial charge in [-0.05, 0) is 91.7 Å². The quantitative estimate of drug-likeness (QED) is 0.191. The molecular formula is C34H37F3. The van der Waals surface area contributed by atoms with Gasteiger partial charge in [-0.25, -0.2) is 13.2 Å². The van der Waals surface area contributed by atoms with Gasteiger partial charge in [0.2, 0.25) is 0 Å². The zero-order valence-electron chi connectivity index (χ0n) is 22.0. The Morgan fingerprint density at radius 2 is 1.57 bits per heavy atom. The molecule has 3 aromatic rings. The average Bonchev–Trinajstić information content (AvgIpc) is 2.92. The Labute approximate surface area is 219 Å². The smallest absolute Gasteiger partial charge is 0.166 e. The third-order valence-corrected chi connectivity index (χ3v) is 7.55. The van der Waals surface area contributed by atoms with E-state index in [1.165, 1.54) is 6.42 Å². The molecular weight excluding hydrogens is 465 g/mol. The molecule has 0 spiro atoms. The average molecular weight is 503 g/mol. The highest BCUT2D eigenvalue weighted by Crippen LogP contribution is 2.35. The van der Waals surface area contributed by atoms with Crippen LogP contribution in [0.1, 0.15) is 76.3 Å². The molecule has 0 aliphatic heterocycles. The fourth-order valence-electron chi connectivity index (χ4n) is 5.26. The Bertz CT molecular complexity index is 1250. The molecule has 0 nitrogen and oxygen atoms in total. The highest BCUT2D eigenvalue weighted by Gasteiger charge is 2.18. The lowest BCUT2D eigenvalue weighted by atomic mass is 9.84. The minimum absolute atomic E-state index is 0.216. The lowest BCUT2D eigenvalue weighted by Gasteiger charge is -2.22. The van der Waals surface area contributed by atoms with Crippen LogP contribution in [0.4, 0.5) is 13.2 Å². The zero-order chi connectivity index (χ0) is 26.2. The second-order valence-electron chi connectivity index (χ2n) is 10.1. The molecule has 194 valence electrons. The van der Waals surface area contributed by atoms with Crippen LogP contribution in [-0.4, -0.2) is 0 Å². The molecule has 37 heavy (non-hydrogen) atoms. The zero-order valence-corrected chi connectivity index (χ0v) is 22.0. The van der Waals surface area contributed by atoms with Gasteiger partial charge in [-0.1, -0.05) is 86.5 Å². The first-order valence-corrected chi connectivity index (χ1v) is 13.7. The van der Waals surface area contributed by atoms with E-state index >= 15 is 4.39 Å². The van der Waals surface area contributed by atoms with Crippen molar-refractivity contribution in [1.82, 2.24) is 0 Å². The second kappa shape index (κ2) is 12.9. The van der Waals surface area contributed by atoms with Crippen LogP contribution in [0.25, 0.3) is 27.8 Å². The lowest BCUT2D eigenvalue weighted by Crippen LogP contribution is -2.06. The molecule has 0 fully saturated rings. The van der Waals surface area contributed by atoms with E-state index in [4.69, 9.17) is 0 Å². The molecule has 3 heteroatoms. The van der Waals surface area contributed by atoms with E-state index in [1.54, 1.807) is 30.3 Å². The lowest BCUT2D eigenvalue weighted by molar-refractivity contribution is 0.453. The van der Waals surface area contributed by atoms with Crippen LogP contribution in [0.2, 0.25) is 0 Å². The van der Waals surface area contributed by atoms with Crippen LogP contribution in [0, 0.1) is 23.4 Å². The van der Waals surface area contributed by atoms with Gasteiger partial charge in [0.25, 0.3) is 0 Å². The maximum Gasteiger partial charge on any atom is 0.166 e. The molecule has 0 heterocycles. The maximum atomic E-state index is 15.1. The fraction of sp³-hybridized carbons (Fsp3) is 0.353. The first kappa shape index (κ1) is 27.0. The van der Waals surface area contributed by atoms with E-state index < -0.39 is 11.6 Å². The van der Waals surface area contributed by atoms with Gasteiger partial charge >= 0.3 is 0 Å². The van der Waals surface area contributed by atoms with E-state index in [1.807, 2.05) is 31.2 Å². The molecule has 0 N–H and O–H groups in total. The van der Waals surface area contributed by atoms with Crippen molar-refractivity contribution in [2.24, 2.45) is 5.92 Å². The van der Waals surface area contributed by atoms with Gasteiger partial charge < -0.3 is 0 Å². The SMILES string of the molecule is C/C=C/CCC1CC=C(c2ccc(-c3ccc(-c4ccc(CCCCC)c(F)c4F)cc3)cc2F)CC1. The summed E-state index contributed by atoms with van der Waals surface area (Å²) in [4.78, 5) is 0. The number of allylic oxidation sites excluding steroid dienone is 4. The van der Waals surface area contributed by atoms with Gasteiger partial charge in [-0.2, -0.15) is 0 Å². The van der Waals surface area contributed by atoms with Crippen molar-refractivity contribution in [2.75, 3.05) is 0 Å². The van der Waals surface area contributed by atoms with Gasteiger partial charge in [0.1, 0.15) is 5.82 Å². The Morgan fingerprint density at radius 1 is 0.838 bits per heavy atom. The van der Waals surface area contributed by atoms with Crippen molar-refractivity contribution in [2.45, 2.75) is 71.6 Å². The largest absolute Gasteiger partial charge is 0.206 e. The number of hydrogen-bond donors (Lipinski definition) is 0. The molecule has 0 saturated carbocycles. The Kier molecular flexibility index (Phi) is 9.44. The standard InChI is InChI=1S/C34H37F3/c1-3-5-7-9-24-11-13-26(14-12-24)30-21-20-29(23-32(30)35)25-15-17-27(18-16-25)31-22-19-28(10-8-6-4-2)33(36)34(31)37/h3,5,13,15-24H,4,6-12,14H2,1-2H3/b5-3+. The molecule has 0 bridgehead atoms. The number of benzene rings is 3. The molecule has 3 aromatic carbocycles. The molecule has 1 atom stereocenters. The van der Waals surface area contributed by atoms with Crippen molar-refractivity contribution in [3.63, 3.8) is 0 Å². The maximum absolute atomic E-state index is 15.1. The summed E-state index contributed by atoms with van der Waals surface area (Å²) in [5.74, 6) is -1.10. The highest BCUT2D eigenvalue weighted by atomic mass is 19.2. The Balaban J connectivity index is 1.46. The number of halogens is 3. The molecule has 0 saturated heterocycles. The first-order chi connectivity index (χ1) is 18.0. The minimum atomic E-state index is -0.804. The van der Waals surface area contributed by atoms with Crippen molar-refractivity contribution in [1.29, 1.82) is 0 Å². The van der Waals surface area contributed by atoms with Crippen molar-refractivity contribution in [3.8, 4) is 22.3 Å². The van der Waals surface area contributed by atoms with E-state index in [9.17, 15) is 8.78 Å². The molecule has 4 rings (SSSR count). The molecule has 0 radical (unpaired) electrons. The van der Waals surface area contributed by atoms with Gasteiger partial charge in [0, 0.05) is 11.1 Å². The normalized spacial score (nSPS) is 15.8. The number of aryl methyl sites for hydroxylation is 1. The van der Waals surface area contributed by atoms with Gasteiger partial charge in [-0.15, -0.1) is 0 Å². The fourth-order valence-corrected chi connectivity index (χ4v) is 5.26. The van der Waals surface area contributed by atoms with Gasteiger partial charge in [0.15, 0.2) is 11.6 Å². The summed E-state index contributed by atoms with van der Waals surface area (Å²) >= 11 is 0. The summed E-state index contributed by atoms with van der Waals surface area (Å²) in [6.45, 7) is 4.14. The van der Waals surface area contributed by atoms with Crippen LogP contribution in [0.3, 0.4) is 0 Å². The van der Waals surface area contributed by atoms with Crippen molar-refractivity contribution >= 4 is 5.57 Å². The number of rotatable bonds is 10. The molecule has 1 unspecified atom stereocenters. The molecule has 1 aliphatic carbocycles. The van der Waals surface area contributed by atoms with Crippen LogP contribution < -0.4 is 0 Å². The summed E-state index contributed by atoms with van der Waals surface area (Å²) in [6, 6.07) is 16.0. The number of hydrogen-bond acceptors (Lipinski definition) is 0. The van der Waals surface area contributed by atoms with E-state index in [0.717, 1.165) is 61.6 Å². The third-order valence-electron chi connectivity index (χ3n) is 7.55. The number of unbranched alkanes of at least 4 members (excludes halogenated alkanes) is 2. The summed E-state index contributed by atoms with van der Waals surface area (Å²) in [6.07, 6.45) is 15.3. The van der Waals surface area contributed by atoms with E-state index in [0.29, 0.717) is 29.0 Å². The molecule has 1 aliphatic rings. The summed E-state index contributed by atoms with van der Waals surface area (Å²) in [7, 11) is 0. The summed E-state index contributed by atoms with van der Waals surface area (Å²) in [5.41, 5.74) is 4.67. The Hall–Kier alpha value is -3.07. The second-order valence-corrected chi connectivity index (χ2v) is 10.1. The van der Waals surface area contributed by atoms with E-state index in [-0.39, 0.29) is 11.4 Å². The van der Waals surface area contributed by atoms with Crippen molar-refractivity contribution < 1.29 is 13.2 Å². The van der Waals surface area contributed by atoms with Gasteiger partial charge in [-0.3, -0.25) is 0 Å². The summed E-state index contributed by atoms with van der Waals surface area (Å²) < 4.78 is 44.6. The predicted molar refractivity (Wildman–Crippen MR) is 150 cm³/mol. The van der Waals surface area contributed by atoms with Crippen LogP contribution in [0.5, 0.6) is 0 Å². The molecule has 0 amide bonds. The van der Waals surface area contributed by atoms with E-state index in [2.05, 4.69) is 25.2 Å². The Morgan fingerprint density at radius 3 is 2.24 bits per heavy atom. The van der Waals surface area contributed by atoms with Gasteiger partial charge in [0.05, 0.1) is 0 Å². The van der Waals surface area contributed by atoms with Crippen molar-refractivity contribution in [3.05, 3.63) is 101 Å². The minimum Gasteiger partial charge on any atom is -0.206 e. The van der Waals surface area contributed by atoms with Crippen LogP contribution in [0.15, 0.2) is 72.8 Å². The van der Waals surface area contributed by atoms with Crippen LogP contribution >= 0.6 is 0 Å². The summed E-state index contributed by atoms with van der Waals surface area (Å²) in [5, 5.41) is 0. The molecule has 0 aromatic heterocycles. The topological polar surface area (TPSA) is 0 Å². The predicted octanol–water partition coefficient (Wildman–Crippen LogP) is 10.7. The third kappa shape index (κ3) is 6.63.